The molecule has 5 rings (SSSR count). The van der Waals surface area contributed by atoms with Crippen LogP contribution in [0.1, 0.15) is 30.5 Å². The highest BCUT2D eigenvalue weighted by Crippen LogP contribution is 2.54. The predicted octanol–water partition coefficient (Wildman–Crippen LogP) is 6.69. The Labute approximate surface area is 260 Å². The third-order valence-corrected chi connectivity index (χ3v) is 10.3. The first-order valence-electron chi connectivity index (χ1n) is 13.4. The number of amides is 1. The van der Waals surface area contributed by atoms with Gasteiger partial charge in [-0.25, -0.2) is 9.38 Å². The van der Waals surface area contributed by atoms with Crippen LogP contribution in [0.15, 0.2) is 53.1 Å². The number of methoxy groups -OCH3 is 1. The van der Waals surface area contributed by atoms with Crippen LogP contribution in [-0.4, -0.2) is 72.2 Å². The molecule has 2 aromatic carbocycles. The summed E-state index contributed by atoms with van der Waals surface area (Å²) >= 11 is 3.28. The number of anilines is 1. The Morgan fingerprint density at radius 1 is 1.21 bits per heavy atom. The van der Waals surface area contributed by atoms with Gasteiger partial charge in [-0.1, -0.05) is 13.2 Å². The Kier molecular flexibility index (Phi) is 8.45. The van der Waals surface area contributed by atoms with Gasteiger partial charge in [0.2, 0.25) is 5.91 Å². The Morgan fingerprint density at radius 2 is 1.88 bits per heavy atom. The van der Waals surface area contributed by atoms with Gasteiger partial charge in [-0.05, 0) is 73.2 Å². The Morgan fingerprint density at radius 3 is 2.48 bits per heavy atom. The van der Waals surface area contributed by atoms with Gasteiger partial charge >= 0.3 is 6.18 Å². The fraction of sp³-hybridized carbons (Fsp3) is 0.400. The first-order chi connectivity index (χ1) is 19.8. The number of nitrogens with zero attached hydrogens (tertiary/aromatic N) is 4. The van der Waals surface area contributed by atoms with Crippen LogP contribution in [0.4, 0.5) is 23.2 Å². The number of amidine groups is 1. The Bertz CT molecular complexity index is 1500. The number of hydrogen-bond acceptors (Lipinski definition) is 6. The standard InChI is InChI=1S/C30H31F4IN4O2S/c1-7-25(40)38-16(3)11-37(12-17(38)4)29-21-9-22(30(32,33)34)26(20-10-24(35)15(2)8-23(20)31)28-27(21)39(18(5)36-29)19(13-41-6)14-42-28/h7-10,16-17,19H,1,5,11-14H2,2-4,6H3/t16-,17+,19-/m0/s1. The van der Waals surface area contributed by atoms with Crippen LogP contribution in [-0.2, 0) is 15.7 Å². The molecule has 3 aliphatic heterocycles. The number of hydrogen-bond donors (Lipinski definition) is 0. The molecule has 6 nitrogen and oxygen atoms in total. The third-order valence-electron chi connectivity index (χ3n) is 7.87. The summed E-state index contributed by atoms with van der Waals surface area (Å²) in [6, 6.07) is 3.13. The first kappa shape index (κ1) is 30.9. The summed E-state index contributed by atoms with van der Waals surface area (Å²) in [7, 11) is 1.57. The number of halogens is 5. The van der Waals surface area contributed by atoms with Gasteiger partial charge in [0.05, 0.1) is 23.9 Å². The topological polar surface area (TPSA) is 48.4 Å². The van der Waals surface area contributed by atoms with Crippen molar-refractivity contribution in [2.75, 3.05) is 37.5 Å². The molecule has 3 heterocycles. The molecule has 0 bridgehead atoms. The minimum atomic E-state index is -4.77. The smallest absolute Gasteiger partial charge is 0.383 e. The van der Waals surface area contributed by atoms with Gasteiger partial charge in [0.15, 0.2) is 0 Å². The quantitative estimate of drug-likeness (QED) is 0.201. The van der Waals surface area contributed by atoms with Crippen molar-refractivity contribution in [1.82, 2.24) is 9.80 Å². The lowest BCUT2D eigenvalue weighted by molar-refractivity contribution is -0.137. The second-order valence-electron chi connectivity index (χ2n) is 10.8. The molecule has 0 aromatic heterocycles. The lowest BCUT2D eigenvalue weighted by Gasteiger charge is -2.48. The largest absolute Gasteiger partial charge is 0.417 e. The lowest BCUT2D eigenvalue weighted by atomic mass is 9.91. The van der Waals surface area contributed by atoms with E-state index in [0.29, 0.717) is 62.4 Å². The van der Waals surface area contributed by atoms with E-state index in [1.165, 1.54) is 30.0 Å². The van der Waals surface area contributed by atoms with Crippen LogP contribution < -0.4 is 4.90 Å². The minimum absolute atomic E-state index is 0.0961. The molecule has 1 saturated heterocycles. The van der Waals surface area contributed by atoms with Crippen molar-refractivity contribution in [1.29, 1.82) is 0 Å². The number of alkyl halides is 3. The number of piperazine rings is 1. The van der Waals surface area contributed by atoms with Gasteiger partial charge in [-0.15, -0.1) is 11.8 Å². The zero-order valence-electron chi connectivity index (χ0n) is 23.7. The Balaban J connectivity index is 1.76. The van der Waals surface area contributed by atoms with E-state index in [1.54, 1.807) is 18.9 Å². The van der Waals surface area contributed by atoms with Crippen LogP contribution in [0.5, 0.6) is 0 Å². The molecular formula is C30H31F4IN4O2S. The average molecular weight is 715 g/mol. The van der Waals surface area contributed by atoms with Crippen molar-refractivity contribution in [3.05, 3.63) is 69.3 Å². The van der Waals surface area contributed by atoms with E-state index in [2.05, 4.69) is 13.2 Å². The summed E-state index contributed by atoms with van der Waals surface area (Å²) in [4.78, 5) is 23.1. The van der Waals surface area contributed by atoms with Crippen molar-refractivity contribution >= 4 is 51.8 Å². The zero-order valence-corrected chi connectivity index (χ0v) is 26.7. The summed E-state index contributed by atoms with van der Waals surface area (Å²) < 4.78 is 66.3. The number of carbonyl (C=O) groups is 1. The molecule has 0 saturated carbocycles. The van der Waals surface area contributed by atoms with Crippen molar-refractivity contribution < 1.29 is 27.1 Å². The van der Waals surface area contributed by atoms with Crippen LogP contribution in [0.3, 0.4) is 0 Å². The highest BCUT2D eigenvalue weighted by atomic mass is 127. The summed E-state index contributed by atoms with van der Waals surface area (Å²) in [6.07, 6.45) is -3.50. The highest BCUT2D eigenvalue weighted by molar-refractivity contribution is 14.1. The summed E-state index contributed by atoms with van der Waals surface area (Å²) in [5.41, 5.74) is 0.264. The van der Waals surface area contributed by atoms with E-state index in [9.17, 15) is 18.0 Å². The van der Waals surface area contributed by atoms with E-state index < -0.39 is 17.6 Å². The molecule has 3 atom stereocenters. The van der Waals surface area contributed by atoms with Crippen molar-refractivity contribution in [3.8, 4) is 11.1 Å². The highest BCUT2D eigenvalue weighted by Gasteiger charge is 2.45. The van der Waals surface area contributed by atoms with Gasteiger partial charge < -0.3 is 19.4 Å². The van der Waals surface area contributed by atoms with E-state index in [0.717, 1.165) is 6.07 Å². The number of aliphatic imine (C=N–C) groups is 1. The summed E-state index contributed by atoms with van der Waals surface area (Å²) in [5.74, 6) is 0.210. The molecular weight excluding hydrogens is 683 g/mol. The molecule has 3 aliphatic rings. The molecule has 42 heavy (non-hydrogen) atoms. The van der Waals surface area contributed by atoms with Gasteiger partial charge in [-0.2, -0.15) is 13.2 Å². The van der Waals surface area contributed by atoms with E-state index in [1.807, 2.05) is 46.2 Å². The number of benzene rings is 2. The SMILES string of the molecule is C=CC(=O)N1[C@H](C)CN(C2=NC(=C)N3c4c2cc(C(F)(F)F)c(-c2cc(I)c(C)cc2F)c4SC[C@@H]3COC)C[C@@H]1C. The Hall–Kier alpha value is -2.58. The molecule has 0 aliphatic carbocycles. The van der Waals surface area contributed by atoms with Crippen LogP contribution in [0.25, 0.3) is 11.1 Å². The summed E-state index contributed by atoms with van der Waals surface area (Å²) in [5, 5.41) is 0. The molecule has 0 radical (unpaired) electrons. The number of rotatable bonds is 4. The van der Waals surface area contributed by atoms with Gasteiger partial charge in [-0.3, -0.25) is 4.79 Å². The van der Waals surface area contributed by atoms with Gasteiger partial charge in [0.25, 0.3) is 0 Å². The van der Waals surface area contributed by atoms with Gasteiger partial charge in [0, 0.05) is 63.2 Å². The van der Waals surface area contributed by atoms with Crippen LogP contribution in [0.2, 0.25) is 0 Å². The normalized spacial score (nSPS) is 22.2. The monoisotopic (exact) mass is 714 g/mol. The molecule has 12 heteroatoms. The maximum Gasteiger partial charge on any atom is 0.417 e. The maximum atomic E-state index is 15.5. The molecule has 2 aromatic rings. The lowest BCUT2D eigenvalue weighted by Crippen LogP contribution is -2.60. The second-order valence-corrected chi connectivity index (χ2v) is 13.0. The fourth-order valence-electron chi connectivity index (χ4n) is 6.13. The van der Waals surface area contributed by atoms with E-state index in [4.69, 9.17) is 9.73 Å². The molecule has 0 unspecified atom stereocenters. The van der Waals surface area contributed by atoms with E-state index >= 15 is 4.39 Å². The van der Waals surface area contributed by atoms with E-state index in [-0.39, 0.29) is 35.2 Å². The maximum absolute atomic E-state index is 15.5. The average Bonchev–Trinajstić information content (AvgIpc) is 2.91. The van der Waals surface area contributed by atoms with Crippen LogP contribution in [0, 0.1) is 16.3 Å². The fourth-order valence-corrected chi connectivity index (χ4v) is 7.91. The van der Waals surface area contributed by atoms with Crippen LogP contribution >= 0.6 is 34.4 Å². The molecule has 0 spiro atoms. The van der Waals surface area contributed by atoms with Crippen molar-refractivity contribution in [2.24, 2.45) is 4.99 Å². The number of ether oxygens (including phenoxy) is 1. The molecule has 1 amide bonds. The molecule has 1 fully saturated rings. The second kappa shape index (κ2) is 11.5. The summed E-state index contributed by atoms with van der Waals surface area (Å²) in [6.45, 7) is 14.3. The number of carbonyl (C=O) groups excluding carboxylic acids is 1. The predicted molar refractivity (Wildman–Crippen MR) is 166 cm³/mol. The number of thioether (sulfide) groups is 1. The first-order valence-corrected chi connectivity index (χ1v) is 15.5. The third kappa shape index (κ3) is 5.23. The zero-order chi connectivity index (χ0) is 30.7. The van der Waals surface area contributed by atoms with Gasteiger partial charge in [0.1, 0.15) is 17.5 Å². The molecule has 224 valence electrons. The van der Waals surface area contributed by atoms with Crippen molar-refractivity contribution in [3.63, 3.8) is 0 Å². The minimum Gasteiger partial charge on any atom is -0.383 e. The van der Waals surface area contributed by atoms with Crippen molar-refractivity contribution in [2.45, 2.75) is 50.0 Å². The molecule has 0 N–H and O–H groups in total. The number of aryl methyl sites for hydroxylation is 1.